The molecule has 0 atom stereocenters. The van der Waals surface area contributed by atoms with Gasteiger partial charge in [-0.15, -0.1) is 0 Å². The summed E-state index contributed by atoms with van der Waals surface area (Å²) in [6.45, 7) is 7.35. The van der Waals surface area contributed by atoms with Crippen molar-refractivity contribution in [1.29, 1.82) is 0 Å². The zero-order valence-corrected chi connectivity index (χ0v) is 19.2. The second kappa shape index (κ2) is 10.7. The molecule has 0 radical (unpaired) electrons. The number of nitrogens with zero attached hydrogens (tertiary/aromatic N) is 5. The number of nitrogens with one attached hydrogen (secondary N) is 1. The molecule has 32 heavy (non-hydrogen) atoms. The second-order valence-electron chi connectivity index (χ2n) is 8.77. The molecule has 2 aromatic carbocycles. The maximum Gasteiger partial charge on any atom is 0.145 e. The zero-order chi connectivity index (χ0) is 22.3. The average molecular weight is 435 g/mol. The topological polar surface area (TPSA) is 67.8 Å². The first-order chi connectivity index (χ1) is 15.6. The van der Waals surface area contributed by atoms with Crippen molar-refractivity contribution >= 4 is 16.7 Å². The lowest BCUT2D eigenvalue weighted by Gasteiger charge is -2.34. The highest BCUT2D eigenvalue weighted by Crippen LogP contribution is 2.22. The van der Waals surface area contributed by atoms with Crippen LogP contribution in [-0.4, -0.2) is 83.1 Å². The van der Waals surface area contributed by atoms with Gasteiger partial charge in [-0.1, -0.05) is 30.3 Å². The average Bonchev–Trinajstić information content (AvgIpc) is 2.79. The third-order valence-electron chi connectivity index (χ3n) is 5.94. The van der Waals surface area contributed by atoms with Crippen LogP contribution in [0.3, 0.4) is 0 Å². The molecule has 170 valence electrons. The number of hydrogen-bond donors (Lipinski definition) is 2. The highest BCUT2D eigenvalue weighted by atomic mass is 16.3. The number of hydrogen-bond acceptors (Lipinski definition) is 7. The van der Waals surface area contributed by atoms with Crippen molar-refractivity contribution in [3.63, 3.8) is 0 Å². The number of aromatic nitrogens is 2. The third-order valence-corrected chi connectivity index (χ3v) is 5.94. The van der Waals surface area contributed by atoms with Gasteiger partial charge in [-0.05, 0) is 45.3 Å². The molecule has 7 heteroatoms. The summed E-state index contributed by atoms with van der Waals surface area (Å²) in [6.07, 6.45) is 1.07. The molecule has 0 amide bonds. The Morgan fingerprint density at radius 2 is 1.59 bits per heavy atom. The standard InChI is InChI=1S/C25H34N6O/c1-29(2)13-7-12-26-25-21-9-4-5-10-22(21)27-24(28-25)19-31-16-14-30(15-17-31)18-20-8-3-6-11-23(20)32/h3-6,8-11,32H,7,12-19H2,1-2H3,(H,26,27,28). The van der Waals surface area contributed by atoms with E-state index < -0.39 is 0 Å². The Bertz CT molecular complexity index is 1020. The molecule has 3 aromatic rings. The number of aromatic hydroxyl groups is 1. The molecule has 2 heterocycles. The first kappa shape index (κ1) is 22.5. The summed E-state index contributed by atoms with van der Waals surface area (Å²) in [7, 11) is 4.20. The van der Waals surface area contributed by atoms with Crippen molar-refractivity contribution in [3.8, 4) is 5.75 Å². The Morgan fingerprint density at radius 1 is 0.906 bits per heavy atom. The fraction of sp³-hybridized carbons (Fsp3) is 0.440. The van der Waals surface area contributed by atoms with E-state index in [1.54, 1.807) is 6.07 Å². The van der Waals surface area contributed by atoms with Crippen LogP contribution in [0.2, 0.25) is 0 Å². The minimum absolute atomic E-state index is 0.380. The Balaban J connectivity index is 1.37. The molecule has 1 fully saturated rings. The van der Waals surface area contributed by atoms with Gasteiger partial charge in [0.25, 0.3) is 0 Å². The van der Waals surface area contributed by atoms with E-state index in [2.05, 4.69) is 46.2 Å². The molecule has 1 aliphatic rings. The van der Waals surface area contributed by atoms with E-state index in [9.17, 15) is 5.11 Å². The summed E-state index contributed by atoms with van der Waals surface area (Å²) in [4.78, 5) is 16.7. The number of phenols is 1. The normalized spacial score (nSPS) is 15.5. The number of benzene rings is 2. The van der Waals surface area contributed by atoms with E-state index in [0.29, 0.717) is 5.75 Å². The fourth-order valence-corrected chi connectivity index (χ4v) is 4.12. The number of phenolic OH excluding ortho intramolecular Hbond substituents is 1. The summed E-state index contributed by atoms with van der Waals surface area (Å²) in [6, 6.07) is 15.8. The summed E-state index contributed by atoms with van der Waals surface area (Å²) >= 11 is 0. The summed E-state index contributed by atoms with van der Waals surface area (Å²) in [5.74, 6) is 2.18. The van der Waals surface area contributed by atoms with Gasteiger partial charge < -0.3 is 15.3 Å². The zero-order valence-electron chi connectivity index (χ0n) is 19.2. The van der Waals surface area contributed by atoms with Gasteiger partial charge in [0.15, 0.2) is 0 Å². The van der Waals surface area contributed by atoms with E-state index in [1.165, 1.54) is 0 Å². The SMILES string of the molecule is CN(C)CCCNc1nc(CN2CCN(Cc3ccccc3O)CC2)nc2ccccc12. The van der Waals surface area contributed by atoms with Gasteiger partial charge in [-0.2, -0.15) is 0 Å². The molecule has 0 spiro atoms. The van der Waals surface area contributed by atoms with Crippen LogP contribution in [0, 0.1) is 0 Å². The summed E-state index contributed by atoms with van der Waals surface area (Å²) < 4.78 is 0. The van der Waals surface area contributed by atoms with Crippen LogP contribution >= 0.6 is 0 Å². The highest BCUT2D eigenvalue weighted by Gasteiger charge is 2.19. The predicted octanol–water partition coefficient (Wildman–Crippen LogP) is 3.02. The molecule has 0 unspecified atom stereocenters. The lowest BCUT2D eigenvalue weighted by atomic mass is 10.1. The maximum atomic E-state index is 10.0. The van der Waals surface area contributed by atoms with Gasteiger partial charge in [0, 0.05) is 50.2 Å². The van der Waals surface area contributed by atoms with Crippen molar-refractivity contribution in [3.05, 3.63) is 59.9 Å². The summed E-state index contributed by atoms with van der Waals surface area (Å²) in [5.41, 5.74) is 1.98. The van der Waals surface area contributed by atoms with Crippen LogP contribution in [0.1, 0.15) is 17.8 Å². The second-order valence-corrected chi connectivity index (χ2v) is 8.77. The van der Waals surface area contributed by atoms with Crippen molar-refractivity contribution < 1.29 is 5.11 Å². The van der Waals surface area contributed by atoms with Gasteiger partial charge in [0.05, 0.1) is 12.1 Å². The van der Waals surface area contributed by atoms with Crippen LogP contribution in [0.4, 0.5) is 5.82 Å². The molecule has 1 aliphatic heterocycles. The van der Waals surface area contributed by atoms with Crippen molar-refractivity contribution in [2.45, 2.75) is 19.5 Å². The van der Waals surface area contributed by atoms with Crippen LogP contribution in [0.15, 0.2) is 48.5 Å². The molecule has 1 saturated heterocycles. The number of rotatable bonds is 9. The first-order valence-corrected chi connectivity index (χ1v) is 11.4. The number of anilines is 1. The van der Waals surface area contributed by atoms with E-state index in [0.717, 1.165) is 86.9 Å². The van der Waals surface area contributed by atoms with Crippen LogP contribution in [-0.2, 0) is 13.1 Å². The molecular weight excluding hydrogens is 400 g/mol. The molecule has 0 aliphatic carbocycles. The molecule has 4 rings (SSSR count). The number of fused-ring (bicyclic) bond motifs is 1. The first-order valence-electron chi connectivity index (χ1n) is 11.4. The van der Waals surface area contributed by atoms with Gasteiger partial charge in [0.1, 0.15) is 17.4 Å². The molecule has 2 N–H and O–H groups in total. The predicted molar refractivity (Wildman–Crippen MR) is 130 cm³/mol. The molecule has 0 bridgehead atoms. The smallest absolute Gasteiger partial charge is 0.145 e. The van der Waals surface area contributed by atoms with E-state index >= 15 is 0 Å². The molecule has 1 aromatic heterocycles. The number of para-hydroxylation sites is 2. The maximum absolute atomic E-state index is 10.0. The van der Waals surface area contributed by atoms with Crippen LogP contribution in [0.25, 0.3) is 10.9 Å². The van der Waals surface area contributed by atoms with Crippen molar-refractivity contribution in [1.82, 2.24) is 24.7 Å². The minimum Gasteiger partial charge on any atom is -0.508 e. The lowest BCUT2D eigenvalue weighted by molar-refractivity contribution is 0.119. The fourth-order valence-electron chi connectivity index (χ4n) is 4.12. The monoisotopic (exact) mass is 434 g/mol. The Hall–Kier alpha value is -2.74. The van der Waals surface area contributed by atoms with Crippen molar-refractivity contribution in [2.24, 2.45) is 0 Å². The largest absolute Gasteiger partial charge is 0.508 e. The molecule has 7 nitrogen and oxygen atoms in total. The van der Waals surface area contributed by atoms with E-state index in [1.807, 2.05) is 30.3 Å². The van der Waals surface area contributed by atoms with Gasteiger partial charge >= 0.3 is 0 Å². The minimum atomic E-state index is 0.380. The quantitative estimate of drug-likeness (QED) is 0.502. The Morgan fingerprint density at radius 3 is 2.34 bits per heavy atom. The van der Waals surface area contributed by atoms with Gasteiger partial charge in [-0.3, -0.25) is 9.80 Å². The van der Waals surface area contributed by atoms with E-state index in [4.69, 9.17) is 9.97 Å². The van der Waals surface area contributed by atoms with Crippen LogP contribution < -0.4 is 5.32 Å². The lowest BCUT2D eigenvalue weighted by Crippen LogP contribution is -2.45. The third kappa shape index (κ3) is 5.94. The molecular formula is C25H34N6O. The van der Waals surface area contributed by atoms with Gasteiger partial charge in [-0.25, -0.2) is 9.97 Å². The Labute approximate surface area is 190 Å². The van der Waals surface area contributed by atoms with Gasteiger partial charge in [0.2, 0.25) is 0 Å². The van der Waals surface area contributed by atoms with E-state index in [-0.39, 0.29) is 0 Å². The molecule has 0 saturated carbocycles. The Kier molecular flexibility index (Phi) is 7.52. The number of piperazine rings is 1. The van der Waals surface area contributed by atoms with Crippen LogP contribution in [0.5, 0.6) is 5.75 Å². The highest BCUT2D eigenvalue weighted by molar-refractivity contribution is 5.88. The summed E-state index contributed by atoms with van der Waals surface area (Å²) in [5, 5.41) is 14.7. The van der Waals surface area contributed by atoms with Crippen molar-refractivity contribution in [2.75, 3.05) is 58.7 Å².